The number of nitrogens with one attached hydrogen (secondary N) is 1. The molecule has 9 nitrogen and oxygen atoms in total. The Balaban J connectivity index is 1.75. The van der Waals surface area contributed by atoms with Crippen LogP contribution < -0.4 is 0 Å². The molecule has 1 aliphatic heterocycles. The molecule has 30 heavy (non-hydrogen) atoms. The number of H-pyrrole nitrogens is 1. The van der Waals surface area contributed by atoms with Crippen molar-refractivity contribution in [2.45, 2.75) is 35.6 Å². The van der Waals surface area contributed by atoms with Crippen LogP contribution >= 0.6 is 23.4 Å². The van der Waals surface area contributed by atoms with Crippen molar-refractivity contribution in [1.82, 2.24) is 25.0 Å². The van der Waals surface area contributed by atoms with E-state index in [4.69, 9.17) is 21.1 Å². The highest BCUT2D eigenvalue weighted by molar-refractivity contribution is 8.00. The maximum Gasteiger partial charge on any atom is 0.167 e. The largest absolute Gasteiger partial charge is 0.507 e. The first-order chi connectivity index (χ1) is 14.5. The lowest BCUT2D eigenvalue weighted by molar-refractivity contribution is -0.107. The average molecular weight is 450 g/mol. The zero-order chi connectivity index (χ0) is 21.3. The zero-order valence-electron chi connectivity index (χ0n) is 16.1. The third kappa shape index (κ3) is 4.09. The van der Waals surface area contributed by atoms with Gasteiger partial charge in [0.15, 0.2) is 11.2 Å². The van der Waals surface area contributed by atoms with Crippen molar-refractivity contribution >= 4 is 29.1 Å². The molecule has 1 aliphatic rings. The molecule has 3 aromatic heterocycles. The molecule has 0 spiro atoms. The van der Waals surface area contributed by atoms with Crippen LogP contribution in [0.5, 0.6) is 0 Å². The summed E-state index contributed by atoms with van der Waals surface area (Å²) in [5.74, 6) is -0.0667. The van der Waals surface area contributed by atoms with Crippen molar-refractivity contribution in [3.8, 4) is 11.3 Å². The van der Waals surface area contributed by atoms with Crippen molar-refractivity contribution in [2.24, 2.45) is 0 Å². The third-order valence-corrected chi connectivity index (χ3v) is 5.88. The second kappa shape index (κ2) is 8.78. The molecular formula is C19H20ClN5O4S. The van der Waals surface area contributed by atoms with Crippen LogP contribution in [0, 0.1) is 0 Å². The molecule has 0 bridgehead atoms. The van der Waals surface area contributed by atoms with E-state index in [1.165, 1.54) is 29.8 Å². The average Bonchev–Trinajstić information content (AvgIpc) is 3.40. The SMILES string of the molecule is CO[C@@H]1C(n2cc(-c3ccn[nH]3)cn2)=C(O)[C@@H](Sc2cncc(Cl)c2)OC1C(C)O. The summed E-state index contributed by atoms with van der Waals surface area (Å²) in [5.41, 5.74) is 1.13. The van der Waals surface area contributed by atoms with Crippen LogP contribution in [-0.4, -0.2) is 66.0 Å². The van der Waals surface area contributed by atoms with Gasteiger partial charge in [0.05, 0.1) is 23.0 Å². The molecule has 4 heterocycles. The molecule has 0 radical (unpaired) electrons. The highest BCUT2D eigenvalue weighted by atomic mass is 35.5. The molecule has 11 heteroatoms. The van der Waals surface area contributed by atoms with Crippen LogP contribution in [0.3, 0.4) is 0 Å². The number of hydrogen-bond donors (Lipinski definition) is 3. The van der Waals surface area contributed by atoms with Crippen LogP contribution in [0.1, 0.15) is 6.92 Å². The Morgan fingerprint density at radius 1 is 1.37 bits per heavy atom. The van der Waals surface area contributed by atoms with Gasteiger partial charge in [-0.2, -0.15) is 10.2 Å². The summed E-state index contributed by atoms with van der Waals surface area (Å²) in [6, 6.07) is 3.54. The minimum Gasteiger partial charge on any atom is -0.507 e. The fourth-order valence-electron chi connectivity index (χ4n) is 3.24. The van der Waals surface area contributed by atoms with Crippen LogP contribution in [0.4, 0.5) is 0 Å². The van der Waals surface area contributed by atoms with Crippen molar-refractivity contribution in [3.63, 3.8) is 0 Å². The van der Waals surface area contributed by atoms with Gasteiger partial charge in [-0.25, -0.2) is 4.68 Å². The standard InChI is InChI=1S/C19H20ClN5O4S/c1-10(26)17-18(28-2)15(25-9-11(6-23-25)14-3-4-22-24-14)16(27)19(29-17)30-13-5-12(20)7-21-8-13/h3-10,17-19,26-27H,1-2H3,(H,22,24)/t10?,17?,18-,19-/m1/s1. The first kappa shape index (κ1) is 20.9. The summed E-state index contributed by atoms with van der Waals surface area (Å²) >= 11 is 7.25. The third-order valence-electron chi connectivity index (χ3n) is 4.63. The fourth-order valence-corrected chi connectivity index (χ4v) is 4.45. The number of nitrogens with zero attached hydrogens (tertiary/aromatic N) is 4. The maximum absolute atomic E-state index is 11.1. The molecule has 0 saturated heterocycles. The van der Waals surface area contributed by atoms with E-state index in [9.17, 15) is 10.2 Å². The highest BCUT2D eigenvalue weighted by Gasteiger charge is 2.42. The highest BCUT2D eigenvalue weighted by Crippen LogP contribution is 2.39. The van der Waals surface area contributed by atoms with E-state index in [0.717, 1.165) is 11.3 Å². The van der Waals surface area contributed by atoms with E-state index >= 15 is 0 Å². The summed E-state index contributed by atoms with van der Waals surface area (Å²) in [5, 5.41) is 33.1. The number of aromatic nitrogens is 5. The van der Waals surface area contributed by atoms with E-state index in [2.05, 4.69) is 20.3 Å². The lowest BCUT2D eigenvalue weighted by Gasteiger charge is -2.37. The van der Waals surface area contributed by atoms with Crippen molar-refractivity contribution in [2.75, 3.05) is 7.11 Å². The zero-order valence-corrected chi connectivity index (χ0v) is 17.7. The Morgan fingerprint density at radius 2 is 2.20 bits per heavy atom. The second-order valence-electron chi connectivity index (χ2n) is 6.70. The quantitative estimate of drug-likeness (QED) is 0.525. The number of hydrogen-bond acceptors (Lipinski definition) is 8. The number of thioether (sulfide) groups is 1. The maximum atomic E-state index is 11.1. The first-order valence-corrected chi connectivity index (χ1v) is 10.3. The number of rotatable bonds is 6. The van der Waals surface area contributed by atoms with E-state index in [1.54, 1.807) is 37.8 Å². The van der Waals surface area contributed by atoms with Gasteiger partial charge in [0.2, 0.25) is 0 Å². The van der Waals surface area contributed by atoms with Crippen LogP contribution in [0.25, 0.3) is 17.0 Å². The predicted molar refractivity (Wildman–Crippen MR) is 112 cm³/mol. The molecule has 2 unspecified atom stereocenters. The number of aliphatic hydroxyl groups excluding tert-OH is 2. The second-order valence-corrected chi connectivity index (χ2v) is 8.27. The number of aromatic amines is 1. The summed E-state index contributed by atoms with van der Waals surface area (Å²) in [4.78, 5) is 4.77. The molecule has 0 aromatic carbocycles. The molecule has 0 amide bonds. The van der Waals surface area contributed by atoms with E-state index in [0.29, 0.717) is 15.6 Å². The van der Waals surface area contributed by atoms with Gasteiger partial charge in [-0.15, -0.1) is 0 Å². The summed E-state index contributed by atoms with van der Waals surface area (Å²) in [6.45, 7) is 1.61. The number of aliphatic hydroxyl groups is 2. The van der Waals surface area contributed by atoms with Crippen LogP contribution in [0.2, 0.25) is 5.02 Å². The normalized spacial score (nSPS) is 23.0. The molecule has 4 atom stereocenters. The predicted octanol–water partition coefficient (Wildman–Crippen LogP) is 2.96. The summed E-state index contributed by atoms with van der Waals surface area (Å²) in [7, 11) is 1.49. The van der Waals surface area contributed by atoms with Gasteiger partial charge in [-0.3, -0.25) is 10.1 Å². The lowest BCUT2D eigenvalue weighted by atomic mass is 10.0. The molecule has 4 rings (SSSR count). The van der Waals surface area contributed by atoms with Crippen LogP contribution in [0.15, 0.2) is 53.8 Å². The van der Waals surface area contributed by atoms with Gasteiger partial charge >= 0.3 is 0 Å². The van der Waals surface area contributed by atoms with Gasteiger partial charge in [-0.1, -0.05) is 23.4 Å². The number of methoxy groups -OCH3 is 1. The van der Waals surface area contributed by atoms with E-state index < -0.39 is 23.7 Å². The Bertz CT molecular complexity index is 1040. The van der Waals surface area contributed by atoms with Crippen molar-refractivity contribution in [1.29, 1.82) is 0 Å². The molecule has 0 fully saturated rings. The molecule has 0 aliphatic carbocycles. The van der Waals surface area contributed by atoms with Gasteiger partial charge in [0.25, 0.3) is 0 Å². The molecule has 158 valence electrons. The summed E-state index contributed by atoms with van der Waals surface area (Å²) in [6.07, 6.45) is 5.85. The topological polar surface area (TPSA) is 118 Å². The molecular weight excluding hydrogens is 430 g/mol. The minimum absolute atomic E-state index is 0.0667. The number of ether oxygens (including phenoxy) is 2. The Kier molecular flexibility index (Phi) is 6.11. The number of pyridine rings is 1. The van der Waals surface area contributed by atoms with Gasteiger partial charge in [0, 0.05) is 42.4 Å². The molecule has 0 saturated carbocycles. The van der Waals surface area contributed by atoms with E-state index in [-0.39, 0.29) is 5.76 Å². The fraction of sp³-hybridized carbons (Fsp3) is 0.316. The molecule has 3 N–H and O–H groups in total. The first-order valence-electron chi connectivity index (χ1n) is 9.09. The number of halogens is 1. The van der Waals surface area contributed by atoms with Crippen molar-refractivity contribution in [3.05, 3.63) is 53.9 Å². The Hall–Kier alpha value is -2.37. The smallest absolute Gasteiger partial charge is 0.167 e. The van der Waals surface area contributed by atoms with Crippen molar-refractivity contribution < 1.29 is 19.7 Å². The van der Waals surface area contributed by atoms with Crippen LogP contribution in [-0.2, 0) is 9.47 Å². The summed E-state index contributed by atoms with van der Waals surface area (Å²) < 4.78 is 13.1. The van der Waals surface area contributed by atoms with Gasteiger partial charge in [-0.05, 0) is 19.1 Å². The Morgan fingerprint density at radius 3 is 2.87 bits per heavy atom. The van der Waals surface area contributed by atoms with Gasteiger partial charge < -0.3 is 19.7 Å². The Labute approximate surface area is 181 Å². The lowest BCUT2D eigenvalue weighted by Crippen LogP contribution is -2.47. The van der Waals surface area contributed by atoms with E-state index in [1.807, 2.05) is 6.07 Å². The minimum atomic E-state index is -0.860. The van der Waals surface area contributed by atoms with Gasteiger partial charge in [0.1, 0.15) is 17.9 Å². The monoisotopic (exact) mass is 449 g/mol. The molecule has 3 aromatic rings.